The Morgan fingerprint density at radius 1 is 1.32 bits per heavy atom. The molecule has 2 aromatic rings. The lowest BCUT2D eigenvalue weighted by atomic mass is 10.2. The van der Waals surface area contributed by atoms with Crippen LogP contribution in [0.25, 0.3) is 12.2 Å². The van der Waals surface area contributed by atoms with Crippen molar-refractivity contribution in [3.63, 3.8) is 0 Å². The Labute approximate surface area is 131 Å². The minimum Gasteiger partial charge on any atom is -0.454 e. The lowest BCUT2D eigenvalue weighted by molar-refractivity contribution is -0.116. The zero-order valence-corrected chi connectivity index (χ0v) is 12.9. The molecule has 0 fully saturated rings. The first-order valence-electron chi connectivity index (χ1n) is 6.95. The number of anilines is 1. The van der Waals surface area contributed by atoms with Gasteiger partial charge in [0.25, 0.3) is 0 Å². The second kappa shape index (κ2) is 6.57. The average Bonchev–Trinajstić information content (AvgIpc) is 3.13. The van der Waals surface area contributed by atoms with E-state index in [2.05, 4.69) is 15.5 Å². The van der Waals surface area contributed by atoms with Gasteiger partial charge in [-0.2, -0.15) is 0 Å². The zero-order chi connectivity index (χ0) is 15.4. The predicted molar refractivity (Wildman–Crippen MR) is 84.9 cm³/mol. The number of amides is 1. The third-order valence-electron chi connectivity index (χ3n) is 2.98. The molecule has 3 rings (SSSR count). The van der Waals surface area contributed by atoms with Crippen LogP contribution in [0.4, 0.5) is 5.13 Å². The molecule has 0 aliphatic carbocycles. The van der Waals surface area contributed by atoms with Gasteiger partial charge in [-0.3, -0.25) is 4.79 Å². The maximum absolute atomic E-state index is 11.5. The third kappa shape index (κ3) is 3.43. The standard InChI is InChI=1S/C15H15N3O3S/c1-2-3-13(19)16-15-18-17-14(22-15)7-5-10-4-6-11-12(8-10)21-9-20-11/h4-8H,2-3,9H2,1H3,(H,16,18,19). The van der Waals surface area contributed by atoms with E-state index >= 15 is 0 Å². The molecule has 22 heavy (non-hydrogen) atoms. The Hall–Kier alpha value is -2.41. The number of hydrogen-bond acceptors (Lipinski definition) is 6. The van der Waals surface area contributed by atoms with Gasteiger partial charge in [-0.1, -0.05) is 30.4 Å². The van der Waals surface area contributed by atoms with Gasteiger partial charge >= 0.3 is 0 Å². The maximum atomic E-state index is 11.5. The van der Waals surface area contributed by atoms with Crippen LogP contribution in [0.1, 0.15) is 30.3 Å². The van der Waals surface area contributed by atoms with E-state index in [0.717, 1.165) is 28.5 Å². The fourth-order valence-electron chi connectivity index (χ4n) is 1.95. The number of carbonyl (C=O) groups excluding carboxylic acids is 1. The molecule has 0 saturated heterocycles. The minimum atomic E-state index is -0.0371. The summed E-state index contributed by atoms with van der Waals surface area (Å²) in [6.07, 6.45) is 5.06. The Morgan fingerprint density at radius 3 is 3.05 bits per heavy atom. The van der Waals surface area contributed by atoms with Crippen molar-refractivity contribution in [1.29, 1.82) is 0 Å². The number of nitrogens with zero attached hydrogens (tertiary/aromatic N) is 2. The van der Waals surface area contributed by atoms with Crippen molar-refractivity contribution in [2.24, 2.45) is 0 Å². The summed E-state index contributed by atoms with van der Waals surface area (Å²) in [5.74, 6) is 1.46. The minimum absolute atomic E-state index is 0.0371. The van der Waals surface area contributed by atoms with Gasteiger partial charge in [0.1, 0.15) is 5.01 Å². The molecule has 2 heterocycles. The second-order valence-electron chi connectivity index (χ2n) is 4.69. The summed E-state index contributed by atoms with van der Waals surface area (Å²) in [6, 6.07) is 5.72. The highest BCUT2D eigenvalue weighted by molar-refractivity contribution is 7.16. The number of ether oxygens (including phenoxy) is 2. The van der Waals surface area contributed by atoms with Gasteiger partial charge in [0, 0.05) is 6.42 Å². The quantitative estimate of drug-likeness (QED) is 0.917. The molecule has 7 heteroatoms. The monoisotopic (exact) mass is 317 g/mol. The number of aromatic nitrogens is 2. The molecular formula is C15H15N3O3S. The molecule has 0 bridgehead atoms. The van der Waals surface area contributed by atoms with E-state index in [1.807, 2.05) is 37.3 Å². The van der Waals surface area contributed by atoms with E-state index in [1.165, 1.54) is 11.3 Å². The van der Waals surface area contributed by atoms with Crippen LogP contribution in [-0.2, 0) is 4.79 Å². The summed E-state index contributed by atoms with van der Waals surface area (Å²) >= 11 is 1.33. The Kier molecular flexibility index (Phi) is 4.34. The van der Waals surface area contributed by atoms with Crippen LogP contribution in [-0.4, -0.2) is 22.9 Å². The molecule has 1 amide bonds. The van der Waals surface area contributed by atoms with Crippen molar-refractivity contribution in [3.8, 4) is 11.5 Å². The topological polar surface area (TPSA) is 73.3 Å². The molecule has 0 saturated carbocycles. The Bertz CT molecular complexity index is 712. The first-order valence-corrected chi connectivity index (χ1v) is 7.77. The summed E-state index contributed by atoms with van der Waals surface area (Å²) in [7, 11) is 0. The molecule has 1 aromatic heterocycles. The molecule has 114 valence electrons. The second-order valence-corrected chi connectivity index (χ2v) is 5.70. The van der Waals surface area contributed by atoms with Crippen molar-refractivity contribution in [2.45, 2.75) is 19.8 Å². The SMILES string of the molecule is CCCC(=O)Nc1nnc(C=Cc2ccc3c(c2)OCO3)s1. The summed E-state index contributed by atoms with van der Waals surface area (Å²) < 4.78 is 10.6. The molecule has 0 spiro atoms. The normalized spacial score (nSPS) is 12.8. The largest absolute Gasteiger partial charge is 0.454 e. The fourth-order valence-corrected chi connectivity index (χ4v) is 2.61. The van der Waals surface area contributed by atoms with E-state index in [4.69, 9.17) is 9.47 Å². The van der Waals surface area contributed by atoms with Crippen LogP contribution < -0.4 is 14.8 Å². The molecule has 1 N–H and O–H groups in total. The lowest BCUT2D eigenvalue weighted by Gasteiger charge is -1.97. The number of benzene rings is 1. The highest BCUT2D eigenvalue weighted by Crippen LogP contribution is 2.33. The van der Waals surface area contributed by atoms with Gasteiger partial charge in [-0.15, -0.1) is 10.2 Å². The summed E-state index contributed by atoms with van der Waals surface area (Å²) in [5.41, 5.74) is 0.982. The Balaban J connectivity index is 1.65. The van der Waals surface area contributed by atoms with Crippen molar-refractivity contribution in [3.05, 3.63) is 28.8 Å². The highest BCUT2D eigenvalue weighted by atomic mass is 32.1. The summed E-state index contributed by atoms with van der Waals surface area (Å²) in [4.78, 5) is 11.5. The van der Waals surface area contributed by atoms with E-state index in [-0.39, 0.29) is 12.7 Å². The first kappa shape index (κ1) is 14.5. The smallest absolute Gasteiger partial charge is 0.231 e. The molecule has 0 radical (unpaired) electrons. The van der Waals surface area contributed by atoms with E-state index < -0.39 is 0 Å². The molecule has 6 nitrogen and oxygen atoms in total. The molecule has 1 aromatic carbocycles. The highest BCUT2D eigenvalue weighted by Gasteiger charge is 2.12. The number of rotatable bonds is 5. The van der Waals surface area contributed by atoms with Gasteiger partial charge in [0.2, 0.25) is 17.8 Å². The van der Waals surface area contributed by atoms with Gasteiger partial charge in [-0.25, -0.2) is 0 Å². The zero-order valence-electron chi connectivity index (χ0n) is 12.0. The van der Waals surface area contributed by atoms with Crippen LogP contribution in [0.2, 0.25) is 0 Å². The van der Waals surface area contributed by atoms with E-state index in [0.29, 0.717) is 11.6 Å². The molecule has 1 aliphatic heterocycles. The van der Waals surface area contributed by atoms with Gasteiger partial charge in [-0.05, 0) is 30.2 Å². The fraction of sp³-hybridized carbons (Fsp3) is 0.267. The summed E-state index contributed by atoms with van der Waals surface area (Å²) in [5, 5.41) is 12.0. The molecule has 1 aliphatic rings. The molecular weight excluding hydrogens is 302 g/mol. The van der Waals surface area contributed by atoms with Gasteiger partial charge in [0.15, 0.2) is 11.5 Å². The van der Waals surface area contributed by atoms with E-state index in [9.17, 15) is 4.79 Å². The van der Waals surface area contributed by atoms with E-state index in [1.54, 1.807) is 0 Å². The van der Waals surface area contributed by atoms with Crippen molar-refractivity contribution < 1.29 is 14.3 Å². The third-order valence-corrected chi connectivity index (χ3v) is 3.78. The number of carbonyl (C=O) groups is 1. The van der Waals surface area contributed by atoms with Crippen LogP contribution in [0.15, 0.2) is 18.2 Å². The van der Waals surface area contributed by atoms with Crippen LogP contribution in [0.3, 0.4) is 0 Å². The number of fused-ring (bicyclic) bond motifs is 1. The summed E-state index contributed by atoms with van der Waals surface area (Å²) in [6.45, 7) is 2.22. The lowest BCUT2D eigenvalue weighted by Crippen LogP contribution is -2.10. The van der Waals surface area contributed by atoms with Crippen molar-refractivity contribution in [1.82, 2.24) is 10.2 Å². The van der Waals surface area contributed by atoms with Gasteiger partial charge in [0.05, 0.1) is 0 Å². The van der Waals surface area contributed by atoms with Crippen LogP contribution in [0, 0.1) is 0 Å². The molecule has 0 unspecified atom stereocenters. The molecule has 0 atom stereocenters. The Morgan fingerprint density at radius 2 is 2.18 bits per heavy atom. The van der Waals surface area contributed by atoms with Gasteiger partial charge < -0.3 is 14.8 Å². The predicted octanol–water partition coefficient (Wildman–Crippen LogP) is 3.18. The van der Waals surface area contributed by atoms with Crippen molar-refractivity contribution >= 4 is 34.5 Å². The van der Waals surface area contributed by atoms with Crippen LogP contribution >= 0.6 is 11.3 Å². The average molecular weight is 317 g/mol. The number of nitrogens with one attached hydrogen (secondary N) is 1. The maximum Gasteiger partial charge on any atom is 0.231 e. The first-order chi connectivity index (χ1) is 10.7. The van der Waals surface area contributed by atoms with Crippen molar-refractivity contribution in [2.75, 3.05) is 12.1 Å². The van der Waals surface area contributed by atoms with Crippen LogP contribution in [0.5, 0.6) is 11.5 Å². The number of hydrogen-bond donors (Lipinski definition) is 1.